The van der Waals surface area contributed by atoms with E-state index in [1.54, 1.807) is 0 Å². The highest BCUT2D eigenvalue weighted by Crippen LogP contribution is 2.40. The van der Waals surface area contributed by atoms with Gasteiger partial charge >= 0.3 is 0 Å². The molecule has 0 amide bonds. The second-order valence-corrected chi connectivity index (χ2v) is 7.07. The van der Waals surface area contributed by atoms with Crippen LogP contribution in [0.3, 0.4) is 0 Å². The molecule has 3 rings (SSSR count). The Hall–Kier alpha value is -3.35. The zero-order chi connectivity index (χ0) is 23.6. The lowest BCUT2D eigenvalue weighted by molar-refractivity contribution is -0.277. The molecule has 172 valence electrons. The number of aliphatic hydroxyl groups is 4. The average molecular weight is 450 g/mol. The minimum atomic E-state index is -1.74. The van der Waals surface area contributed by atoms with Crippen molar-refractivity contribution in [2.24, 2.45) is 0 Å². The third kappa shape index (κ3) is 4.61. The number of benzene rings is 2. The van der Waals surface area contributed by atoms with Crippen LogP contribution in [0.4, 0.5) is 0 Å². The zero-order valence-electron chi connectivity index (χ0n) is 16.4. The number of carbonyl (C=O) groups is 1. The summed E-state index contributed by atoms with van der Waals surface area (Å²) in [5, 5.41) is 78.1. The Kier molecular flexibility index (Phi) is 6.87. The fourth-order valence-corrected chi connectivity index (χ4v) is 3.05. The molecule has 11 heteroatoms. The fraction of sp³-hybridized carbons (Fsp3) is 0.286. The molecule has 0 aliphatic carbocycles. The van der Waals surface area contributed by atoms with Gasteiger partial charge in [0.1, 0.15) is 24.4 Å². The Labute approximate surface area is 181 Å². The number of aliphatic hydroxyl groups excluding tert-OH is 4. The molecule has 8 N–H and O–H groups in total. The first-order valence-corrected chi connectivity index (χ1v) is 9.40. The Morgan fingerprint density at radius 2 is 1.66 bits per heavy atom. The first-order valence-electron chi connectivity index (χ1n) is 9.40. The van der Waals surface area contributed by atoms with Gasteiger partial charge < -0.3 is 50.3 Å². The van der Waals surface area contributed by atoms with E-state index in [4.69, 9.17) is 9.47 Å². The normalized spacial score (nSPS) is 25.7. The summed E-state index contributed by atoms with van der Waals surface area (Å²) in [5.41, 5.74) is 0.0998. The van der Waals surface area contributed by atoms with E-state index in [1.807, 2.05) is 0 Å². The molecule has 1 saturated heterocycles. The zero-order valence-corrected chi connectivity index (χ0v) is 16.4. The topological polar surface area (TPSA) is 197 Å². The van der Waals surface area contributed by atoms with Crippen LogP contribution in [0.15, 0.2) is 36.4 Å². The van der Waals surface area contributed by atoms with Gasteiger partial charge in [-0.15, -0.1) is 0 Å². The molecular weight excluding hydrogens is 428 g/mol. The van der Waals surface area contributed by atoms with Crippen molar-refractivity contribution >= 4 is 11.9 Å². The van der Waals surface area contributed by atoms with Crippen LogP contribution in [-0.2, 0) is 4.74 Å². The first-order chi connectivity index (χ1) is 15.1. The van der Waals surface area contributed by atoms with Crippen molar-refractivity contribution in [2.45, 2.75) is 30.7 Å². The number of phenolic OH excluding ortho intramolecular Hbond substituents is 4. The summed E-state index contributed by atoms with van der Waals surface area (Å²) < 4.78 is 10.4. The van der Waals surface area contributed by atoms with Crippen LogP contribution in [0.5, 0.6) is 28.7 Å². The standard InChI is InChI=1S/C21H22O11/c22-8-15-18(28)19(29)20(30)21(32-15)31-14-6-3-10(16(26)17(14)27)11(23)4-1-9-2-5-12(24)13(25)7-9/h1-7,15,18-22,24-30H,8H2/b4-1+/t15-,18-,19+,20+,21+/m1/s1. The third-order valence-corrected chi connectivity index (χ3v) is 4.90. The summed E-state index contributed by atoms with van der Waals surface area (Å²) >= 11 is 0. The van der Waals surface area contributed by atoms with Crippen molar-refractivity contribution in [3.63, 3.8) is 0 Å². The van der Waals surface area contributed by atoms with Crippen LogP contribution >= 0.6 is 0 Å². The molecular formula is C21H22O11. The van der Waals surface area contributed by atoms with Crippen LogP contribution in [0.1, 0.15) is 15.9 Å². The average Bonchev–Trinajstić information content (AvgIpc) is 2.77. The van der Waals surface area contributed by atoms with Gasteiger partial charge in [0.15, 0.2) is 28.8 Å². The van der Waals surface area contributed by atoms with E-state index in [2.05, 4.69) is 0 Å². The predicted octanol–water partition coefficient (Wildman–Crippen LogP) is -0.416. The molecule has 1 aliphatic rings. The Balaban J connectivity index is 1.78. The summed E-state index contributed by atoms with van der Waals surface area (Å²) in [6.07, 6.45) is -5.49. The highest BCUT2D eigenvalue weighted by molar-refractivity contribution is 6.09. The molecule has 0 saturated carbocycles. The lowest BCUT2D eigenvalue weighted by Crippen LogP contribution is -2.60. The molecule has 32 heavy (non-hydrogen) atoms. The molecule has 0 spiro atoms. The second kappa shape index (κ2) is 9.42. The predicted molar refractivity (Wildman–Crippen MR) is 107 cm³/mol. The first kappa shape index (κ1) is 23.3. The van der Waals surface area contributed by atoms with E-state index in [9.17, 15) is 45.6 Å². The minimum Gasteiger partial charge on any atom is -0.504 e. The van der Waals surface area contributed by atoms with Crippen LogP contribution in [0.25, 0.3) is 6.08 Å². The van der Waals surface area contributed by atoms with Gasteiger partial charge in [0, 0.05) is 0 Å². The maximum absolute atomic E-state index is 12.4. The van der Waals surface area contributed by atoms with Crippen molar-refractivity contribution in [3.05, 3.63) is 47.5 Å². The minimum absolute atomic E-state index is 0.289. The number of ether oxygens (including phenoxy) is 2. The molecule has 0 aromatic heterocycles. The number of aromatic hydroxyl groups is 4. The van der Waals surface area contributed by atoms with Crippen LogP contribution in [0.2, 0.25) is 0 Å². The maximum Gasteiger partial charge on any atom is 0.229 e. The largest absolute Gasteiger partial charge is 0.504 e. The quantitative estimate of drug-likeness (QED) is 0.162. The van der Waals surface area contributed by atoms with Crippen molar-refractivity contribution in [2.75, 3.05) is 6.61 Å². The van der Waals surface area contributed by atoms with Gasteiger partial charge in [-0.2, -0.15) is 0 Å². The van der Waals surface area contributed by atoms with Gasteiger partial charge in [-0.1, -0.05) is 12.1 Å². The van der Waals surface area contributed by atoms with E-state index >= 15 is 0 Å². The van der Waals surface area contributed by atoms with E-state index in [0.717, 1.165) is 18.2 Å². The number of allylic oxidation sites excluding steroid dienone is 1. The molecule has 2 aromatic carbocycles. The summed E-state index contributed by atoms with van der Waals surface area (Å²) in [4.78, 5) is 12.4. The van der Waals surface area contributed by atoms with Crippen molar-refractivity contribution in [3.8, 4) is 28.7 Å². The molecule has 1 fully saturated rings. The van der Waals surface area contributed by atoms with Crippen LogP contribution in [0, 0.1) is 0 Å². The number of phenols is 4. The van der Waals surface area contributed by atoms with Crippen molar-refractivity contribution in [1.29, 1.82) is 0 Å². The van der Waals surface area contributed by atoms with Gasteiger partial charge in [0.2, 0.25) is 12.0 Å². The number of rotatable bonds is 6. The molecule has 5 atom stereocenters. The van der Waals surface area contributed by atoms with Gasteiger partial charge in [0.05, 0.1) is 12.2 Å². The SMILES string of the molecule is O=C(/C=C/c1ccc(O)c(O)c1)c1ccc(O[C@H]2O[C@H](CO)[C@@H](O)[C@H](O)[C@@H]2O)c(O)c1O. The van der Waals surface area contributed by atoms with Gasteiger partial charge in [-0.25, -0.2) is 0 Å². The molecule has 0 unspecified atom stereocenters. The van der Waals surface area contributed by atoms with Crippen molar-refractivity contribution in [1.82, 2.24) is 0 Å². The molecule has 11 nitrogen and oxygen atoms in total. The lowest BCUT2D eigenvalue weighted by Gasteiger charge is -2.39. The Morgan fingerprint density at radius 1 is 0.938 bits per heavy atom. The van der Waals surface area contributed by atoms with E-state index in [1.165, 1.54) is 24.3 Å². The monoisotopic (exact) mass is 450 g/mol. The summed E-state index contributed by atoms with van der Waals surface area (Å²) in [7, 11) is 0. The van der Waals surface area contributed by atoms with E-state index in [-0.39, 0.29) is 17.1 Å². The number of hydrogen-bond donors (Lipinski definition) is 8. The number of ketones is 1. The molecule has 2 aromatic rings. The smallest absolute Gasteiger partial charge is 0.229 e. The van der Waals surface area contributed by atoms with Gasteiger partial charge in [-0.3, -0.25) is 4.79 Å². The molecule has 0 bridgehead atoms. The highest BCUT2D eigenvalue weighted by atomic mass is 16.7. The molecule has 1 heterocycles. The summed E-state index contributed by atoms with van der Waals surface area (Å²) in [6, 6.07) is 6.13. The van der Waals surface area contributed by atoms with Crippen LogP contribution in [-0.4, -0.2) is 83.9 Å². The number of carbonyl (C=O) groups excluding carboxylic acids is 1. The van der Waals surface area contributed by atoms with E-state index in [0.29, 0.717) is 5.56 Å². The number of hydrogen-bond acceptors (Lipinski definition) is 11. The molecule has 1 aliphatic heterocycles. The summed E-state index contributed by atoms with van der Waals surface area (Å²) in [6.45, 7) is -0.680. The van der Waals surface area contributed by atoms with E-state index < -0.39 is 60.3 Å². The third-order valence-electron chi connectivity index (χ3n) is 4.90. The molecule has 0 radical (unpaired) electrons. The fourth-order valence-electron chi connectivity index (χ4n) is 3.05. The second-order valence-electron chi connectivity index (χ2n) is 7.07. The van der Waals surface area contributed by atoms with Crippen molar-refractivity contribution < 1.29 is 55.1 Å². The van der Waals surface area contributed by atoms with Gasteiger partial charge in [0.25, 0.3) is 0 Å². The summed E-state index contributed by atoms with van der Waals surface area (Å²) in [5.74, 6) is -3.47. The highest BCUT2D eigenvalue weighted by Gasteiger charge is 2.45. The van der Waals surface area contributed by atoms with Crippen LogP contribution < -0.4 is 4.74 Å². The maximum atomic E-state index is 12.4. The lowest BCUT2D eigenvalue weighted by atomic mass is 9.99. The Bertz CT molecular complexity index is 1020. The Morgan fingerprint density at radius 3 is 2.31 bits per heavy atom. The van der Waals surface area contributed by atoms with Gasteiger partial charge in [-0.05, 0) is 35.9 Å².